The van der Waals surface area contributed by atoms with Crippen LogP contribution in [0.3, 0.4) is 0 Å². The van der Waals surface area contributed by atoms with Crippen LogP contribution in [0.15, 0.2) is 42.5 Å². The second-order valence-electron chi connectivity index (χ2n) is 4.59. The molecule has 22 heavy (non-hydrogen) atoms. The van der Waals surface area contributed by atoms with Crippen molar-refractivity contribution in [2.75, 3.05) is 6.61 Å². The molecular formula is C16H17NO5. The average Bonchev–Trinajstić information content (AvgIpc) is 2.54. The Bertz CT molecular complexity index is 657. The lowest BCUT2D eigenvalue weighted by Crippen LogP contribution is -2.01. The van der Waals surface area contributed by atoms with Gasteiger partial charge in [0.05, 0.1) is 18.1 Å². The third-order valence-corrected chi connectivity index (χ3v) is 3.01. The van der Waals surface area contributed by atoms with Crippen molar-refractivity contribution in [2.45, 2.75) is 20.1 Å². The van der Waals surface area contributed by atoms with Crippen LogP contribution in [-0.2, 0) is 13.2 Å². The SMILES string of the molecule is CCOc1cc(CO)ccc1OCc1cccc([N+](=O)[O-])c1. The van der Waals surface area contributed by atoms with Crippen LogP contribution < -0.4 is 9.47 Å². The monoisotopic (exact) mass is 303 g/mol. The van der Waals surface area contributed by atoms with E-state index in [9.17, 15) is 10.1 Å². The zero-order valence-corrected chi connectivity index (χ0v) is 12.2. The highest BCUT2D eigenvalue weighted by Crippen LogP contribution is 2.29. The van der Waals surface area contributed by atoms with Gasteiger partial charge in [0.1, 0.15) is 6.61 Å². The first-order valence-corrected chi connectivity index (χ1v) is 6.86. The van der Waals surface area contributed by atoms with Crippen LogP contribution in [0, 0.1) is 10.1 Å². The fourth-order valence-corrected chi connectivity index (χ4v) is 1.96. The largest absolute Gasteiger partial charge is 0.490 e. The molecule has 0 unspecified atom stereocenters. The van der Waals surface area contributed by atoms with E-state index in [1.807, 2.05) is 6.92 Å². The van der Waals surface area contributed by atoms with Gasteiger partial charge in [-0.2, -0.15) is 0 Å². The molecule has 0 saturated heterocycles. The number of rotatable bonds is 7. The fourth-order valence-electron chi connectivity index (χ4n) is 1.96. The summed E-state index contributed by atoms with van der Waals surface area (Å²) in [5.74, 6) is 1.07. The quantitative estimate of drug-likeness (QED) is 0.628. The maximum Gasteiger partial charge on any atom is 0.269 e. The van der Waals surface area contributed by atoms with Gasteiger partial charge >= 0.3 is 0 Å². The Labute approximate surface area is 128 Å². The highest BCUT2D eigenvalue weighted by Gasteiger charge is 2.09. The molecule has 0 fully saturated rings. The molecule has 0 radical (unpaired) electrons. The minimum Gasteiger partial charge on any atom is -0.490 e. The molecule has 0 amide bonds. The average molecular weight is 303 g/mol. The smallest absolute Gasteiger partial charge is 0.269 e. The third-order valence-electron chi connectivity index (χ3n) is 3.01. The van der Waals surface area contributed by atoms with Crippen LogP contribution in [0.25, 0.3) is 0 Å². The molecule has 116 valence electrons. The van der Waals surface area contributed by atoms with Gasteiger partial charge in [0.25, 0.3) is 5.69 Å². The van der Waals surface area contributed by atoms with Crippen LogP contribution in [-0.4, -0.2) is 16.6 Å². The first-order valence-electron chi connectivity index (χ1n) is 6.86. The molecule has 0 spiro atoms. The summed E-state index contributed by atoms with van der Waals surface area (Å²) in [6.45, 7) is 2.45. The van der Waals surface area contributed by atoms with E-state index in [0.29, 0.717) is 23.7 Å². The normalized spacial score (nSPS) is 10.3. The van der Waals surface area contributed by atoms with Crippen molar-refractivity contribution < 1.29 is 19.5 Å². The molecule has 0 heterocycles. The predicted molar refractivity (Wildman–Crippen MR) is 81.0 cm³/mol. The highest BCUT2D eigenvalue weighted by molar-refractivity contribution is 5.43. The first-order chi connectivity index (χ1) is 10.6. The second kappa shape index (κ2) is 7.42. The number of nitro benzene ring substituents is 1. The van der Waals surface area contributed by atoms with E-state index in [1.54, 1.807) is 30.3 Å². The number of hydrogen-bond donors (Lipinski definition) is 1. The molecule has 6 nitrogen and oxygen atoms in total. The fraction of sp³-hybridized carbons (Fsp3) is 0.250. The Kier molecular flexibility index (Phi) is 5.32. The van der Waals surface area contributed by atoms with E-state index in [0.717, 1.165) is 5.56 Å². The molecule has 1 N–H and O–H groups in total. The van der Waals surface area contributed by atoms with Crippen LogP contribution in [0.4, 0.5) is 5.69 Å². The number of non-ortho nitro benzene ring substituents is 1. The molecule has 0 atom stereocenters. The summed E-state index contributed by atoms with van der Waals surface area (Å²) in [5, 5.41) is 19.9. The number of aliphatic hydroxyl groups is 1. The van der Waals surface area contributed by atoms with E-state index in [2.05, 4.69) is 0 Å². The van der Waals surface area contributed by atoms with Crippen molar-refractivity contribution in [1.29, 1.82) is 0 Å². The number of nitro groups is 1. The Morgan fingerprint density at radius 3 is 2.59 bits per heavy atom. The Morgan fingerprint density at radius 1 is 1.09 bits per heavy atom. The van der Waals surface area contributed by atoms with Gasteiger partial charge < -0.3 is 14.6 Å². The number of benzene rings is 2. The molecule has 2 aromatic rings. The number of hydrogen-bond acceptors (Lipinski definition) is 5. The van der Waals surface area contributed by atoms with Gasteiger partial charge in [-0.05, 0) is 30.2 Å². The topological polar surface area (TPSA) is 81.8 Å². The summed E-state index contributed by atoms with van der Waals surface area (Å²) < 4.78 is 11.2. The van der Waals surface area contributed by atoms with E-state index in [4.69, 9.17) is 14.6 Å². The van der Waals surface area contributed by atoms with Crippen LogP contribution in [0.1, 0.15) is 18.1 Å². The Hall–Kier alpha value is -2.60. The predicted octanol–water partition coefficient (Wildman–Crippen LogP) is 3.06. The van der Waals surface area contributed by atoms with Gasteiger partial charge in [0, 0.05) is 12.1 Å². The Morgan fingerprint density at radius 2 is 1.91 bits per heavy atom. The van der Waals surface area contributed by atoms with Gasteiger partial charge in [-0.1, -0.05) is 18.2 Å². The molecule has 0 aliphatic carbocycles. The first kappa shape index (κ1) is 15.8. The minimum atomic E-state index is -0.439. The van der Waals surface area contributed by atoms with Crippen molar-refractivity contribution in [3.63, 3.8) is 0 Å². The zero-order valence-electron chi connectivity index (χ0n) is 12.2. The van der Waals surface area contributed by atoms with Gasteiger partial charge in [0.2, 0.25) is 0 Å². The molecule has 2 rings (SSSR count). The lowest BCUT2D eigenvalue weighted by atomic mass is 10.2. The molecule has 6 heteroatoms. The summed E-state index contributed by atoms with van der Waals surface area (Å²) in [4.78, 5) is 10.3. The van der Waals surface area contributed by atoms with Crippen LogP contribution >= 0.6 is 0 Å². The molecule has 0 aromatic heterocycles. The Balaban J connectivity index is 2.13. The van der Waals surface area contributed by atoms with Crippen LogP contribution in [0.5, 0.6) is 11.5 Å². The number of nitrogens with zero attached hydrogens (tertiary/aromatic N) is 1. The van der Waals surface area contributed by atoms with Gasteiger partial charge in [0.15, 0.2) is 11.5 Å². The lowest BCUT2D eigenvalue weighted by Gasteiger charge is -2.13. The standard InChI is InChI=1S/C16H17NO5/c1-2-21-16-9-12(10-18)6-7-15(16)22-11-13-4-3-5-14(8-13)17(19)20/h3-9,18H,2,10-11H2,1H3. The molecule has 2 aromatic carbocycles. The zero-order chi connectivity index (χ0) is 15.9. The van der Waals surface area contributed by atoms with Crippen molar-refractivity contribution in [3.05, 3.63) is 63.7 Å². The van der Waals surface area contributed by atoms with Crippen molar-refractivity contribution >= 4 is 5.69 Å². The third kappa shape index (κ3) is 3.95. The van der Waals surface area contributed by atoms with E-state index in [-0.39, 0.29) is 18.9 Å². The highest BCUT2D eigenvalue weighted by atomic mass is 16.6. The molecular weight excluding hydrogens is 286 g/mol. The summed E-state index contributed by atoms with van der Waals surface area (Å²) in [7, 11) is 0. The van der Waals surface area contributed by atoms with Crippen LogP contribution in [0.2, 0.25) is 0 Å². The summed E-state index contributed by atoms with van der Waals surface area (Å²) in [6, 6.07) is 11.5. The van der Waals surface area contributed by atoms with Gasteiger partial charge in [-0.15, -0.1) is 0 Å². The summed E-state index contributed by atoms with van der Waals surface area (Å²) in [5.41, 5.74) is 1.45. The van der Waals surface area contributed by atoms with Crippen molar-refractivity contribution in [2.24, 2.45) is 0 Å². The lowest BCUT2D eigenvalue weighted by molar-refractivity contribution is -0.384. The maximum atomic E-state index is 10.8. The number of ether oxygens (including phenoxy) is 2. The van der Waals surface area contributed by atoms with Crippen molar-refractivity contribution in [3.8, 4) is 11.5 Å². The number of aliphatic hydroxyl groups excluding tert-OH is 1. The van der Waals surface area contributed by atoms with Crippen molar-refractivity contribution in [1.82, 2.24) is 0 Å². The molecule has 0 aliphatic heterocycles. The summed E-state index contributed by atoms with van der Waals surface area (Å²) in [6.07, 6.45) is 0. The minimum absolute atomic E-state index is 0.0294. The molecule has 0 aliphatic rings. The van der Waals surface area contributed by atoms with E-state index in [1.165, 1.54) is 12.1 Å². The maximum absolute atomic E-state index is 10.8. The van der Waals surface area contributed by atoms with Gasteiger partial charge in [-0.25, -0.2) is 0 Å². The summed E-state index contributed by atoms with van der Waals surface area (Å²) >= 11 is 0. The van der Waals surface area contributed by atoms with Gasteiger partial charge in [-0.3, -0.25) is 10.1 Å². The molecule has 0 bridgehead atoms. The second-order valence-corrected chi connectivity index (χ2v) is 4.59. The molecule has 0 saturated carbocycles. The van der Waals surface area contributed by atoms with E-state index < -0.39 is 4.92 Å². The van der Waals surface area contributed by atoms with E-state index >= 15 is 0 Å².